The van der Waals surface area contributed by atoms with E-state index in [1.807, 2.05) is 0 Å². The van der Waals surface area contributed by atoms with Gasteiger partial charge in [-0.05, 0) is 48.3 Å². The van der Waals surface area contributed by atoms with Gasteiger partial charge in [-0.1, -0.05) is 85.0 Å². The Morgan fingerprint density at radius 3 is 1.52 bits per heavy atom. The van der Waals surface area contributed by atoms with Gasteiger partial charge in [-0.3, -0.25) is 0 Å². The second kappa shape index (κ2) is 7.06. The zero-order chi connectivity index (χ0) is 16.5. The Balaban J connectivity index is 1.96. The summed E-state index contributed by atoms with van der Waals surface area (Å²) < 4.78 is 0. The van der Waals surface area contributed by atoms with E-state index in [1.165, 1.54) is 83.5 Å². The number of hydrogen-bond donors (Lipinski definition) is 1. The molecule has 0 bridgehead atoms. The quantitative estimate of drug-likeness (QED) is 0.556. The molecule has 3 fully saturated rings. The second-order valence-electron chi connectivity index (χ2n) is 10.1. The van der Waals surface area contributed by atoms with Crippen LogP contribution in [0.15, 0.2) is 0 Å². The zero-order valence-electron chi connectivity index (χ0n) is 16.1. The summed E-state index contributed by atoms with van der Waals surface area (Å²) in [6, 6.07) is 0. The number of rotatable bonds is 0. The van der Waals surface area contributed by atoms with Crippen molar-refractivity contribution in [2.24, 2.45) is 34.8 Å². The molecule has 0 aromatic carbocycles. The molecule has 1 heteroatoms. The Labute approximate surface area is 145 Å². The molecule has 23 heavy (non-hydrogen) atoms. The first-order valence-electron chi connectivity index (χ1n) is 10.7. The molecule has 3 aliphatic rings. The van der Waals surface area contributed by atoms with Crippen molar-refractivity contribution in [1.29, 1.82) is 0 Å². The van der Waals surface area contributed by atoms with Crippen LogP contribution in [0.25, 0.3) is 0 Å². The monoisotopic (exact) mass is 319 g/mol. The molecule has 0 radical (unpaired) electrons. The maximum absolute atomic E-state index is 7.49. The molecule has 3 aliphatic carbocycles. The Hall–Kier alpha value is -0.0400. The van der Waals surface area contributed by atoms with Crippen molar-refractivity contribution in [3.8, 4) is 0 Å². The predicted octanol–water partition coefficient (Wildman–Crippen LogP) is 6.31. The van der Waals surface area contributed by atoms with E-state index in [0.717, 1.165) is 23.7 Å². The first kappa shape index (κ1) is 17.8. The van der Waals surface area contributed by atoms with Gasteiger partial charge >= 0.3 is 0 Å². The lowest BCUT2D eigenvalue weighted by Crippen LogP contribution is -2.67. The Kier molecular flexibility index (Phi) is 5.46. The van der Waals surface area contributed by atoms with Gasteiger partial charge in [0.2, 0.25) is 0 Å². The molecule has 1 nitrogen and oxygen atoms in total. The van der Waals surface area contributed by atoms with Crippen molar-refractivity contribution in [3.63, 3.8) is 0 Å². The fraction of sp³-hybridized carbons (Fsp3) is 1.00. The Bertz CT molecular complexity index is 382. The van der Waals surface area contributed by atoms with Crippen LogP contribution >= 0.6 is 0 Å². The van der Waals surface area contributed by atoms with Crippen molar-refractivity contribution in [3.05, 3.63) is 0 Å². The SMILES string of the molecule is CC(C)(C)C1(N)C2CCCCCCCC2CC2CCCCCC21. The molecule has 0 saturated heterocycles. The van der Waals surface area contributed by atoms with E-state index in [1.54, 1.807) is 0 Å². The summed E-state index contributed by atoms with van der Waals surface area (Å²) in [5, 5.41) is 0. The largest absolute Gasteiger partial charge is 0.324 e. The van der Waals surface area contributed by atoms with Gasteiger partial charge < -0.3 is 5.73 Å². The normalized spacial score (nSPS) is 43.3. The topological polar surface area (TPSA) is 26.0 Å². The van der Waals surface area contributed by atoms with Crippen molar-refractivity contribution in [1.82, 2.24) is 0 Å². The fourth-order valence-electron chi connectivity index (χ4n) is 6.72. The van der Waals surface area contributed by atoms with Crippen LogP contribution in [0.5, 0.6) is 0 Å². The lowest BCUT2D eigenvalue weighted by atomic mass is 9.48. The van der Waals surface area contributed by atoms with Crippen LogP contribution in [0.4, 0.5) is 0 Å². The molecule has 5 unspecified atom stereocenters. The van der Waals surface area contributed by atoms with Crippen molar-refractivity contribution in [2.75, 3.05) is 0 Å². The average molecular weight is 320 g/mol. The van der Waals surface area contributed by atoms with Gasteiger partial charge in [0.15, 0.2) is 0 Å². The van der Waals surface area contributed by atoms with Crippen LogP contribution in [-0.4, -0.2) is 5.54 Å². The lowest BCUT2D eigenvalue weighted by Gasteiger charge is -2.60. The standard InChI is InChI=1S/C22H41N/c1-21(2,3)22(23)19-14-10-6-4-5-8-12-17(19)16-18-13-9-7-11-15-20(18)22/h17-20H,4-16,23H2,1-3H3. The molecule has 3 saturated carbocycles. The maximum atomic E-state index is 7.49. The third-order valence-corrected chi connectivity index (χ3v) is 7.95. The van der Waals surface area contributed by atoms with E-state index >= 15 is 0 Å². The van der Waals surface area contributed by atoms with Gasteiger partial charge in [-0.2, -0.15) is 0 Å². The number of nitrogens with two attached hydrogens (primary N) is 1. The summed E-state index contributed by atoms with van der Waals surface area (Å²) in [5.74, 6) is 3.40. The summed E-state index contributed by atoms with van der Waals surface area (Å²) in [7, 11) is 0. The van der Waals surface area contributed by atoms with Gasteiger partial charge in [0, 0.05) is 5.54 Å². The van der Waals surface area contributed by atoms with E-state index in [4.69, 9.17) is 5.73 Å². The van der Waals surface area contributed by atoms with E-state index in [-0.39, 0.29) is 11.0 Å². The van der Waals surface area contributed by atoms with Crippen molar-refractivity contribution in [2.45, 2.75) is 110 Å². The second-order valence-corrected chi connectivity index (χ2v) is 10.1. The third-order valence-electron chi connectivity index (χ3n) is 7.95. The highest BCUT2D eigenvalue weighted by atomic mass is 14.9. The molecule has 0 aliphatic heterocycles. The van der Waals surface area contributed by atoms with Crippen LogP contribution in [-0.2, 0) is 0 Å². The first-order valence-corrected chi connectivity index (χ1v) is 10.7. The summed E-state index contributed by atoms with van der Waals surface area (Å²) in [6.45, 7) is 7.35. The van der Waals surface area contributed by atoms with E-state index in [9.17, 15) is 0 Å². The van der Waals surface area contributed by atoms with Gasteiger partial charge in [-0.25, -0.2) is 0 Å². The average Bonchev–Trinajstić information content (AvgIpc) is 2.65. The predicted molar refractivity (Wildman–Crippen MR) is 100 cm³/mol. The van der Waals surface area contributed by atoms with E-state index < -0.39 is 0 Å². The Morgan fingerprint density at radius 2 is 1.04 bits per heavy atom. The van der Waals surface area contributed by atoms with Crippen molar-refractivity contribution >= 4 is 0 Å². The van der Waals surface area contributed by atoms with E-state index in [0.29, 0.717) is 0 Å². The van der Waals surface area contributed by atoms with Crippen LogP contribution < -0.4 is 5.73 Å². The highest BCUT2D eigenvalue weighted by molar-refractivity contribution is 5.11. The minimum atomic E-state index is 0.0647. The number of hydrogen-bond acceptors (Lipinski definition) is 1. The van der Waals surface area contributed by atoms with Crippen molar-refractivity contribution < 1.29 is 0 Å². The smallest absolute Gasteiger partial charge is 0.0265 e. The summed E-state index contributed by atoms with van der Waals surface area (Å²) >= 11 is 0. The van der Waals surface area contributed by atoms with Gasteiger partial charge in [0.25, 0.3) is 0 Å². The molecule has 0 spiro atoms. The molecule has 134 valence electrons. The maximum Gasteiger partial charge on any atom is 0.0265 e. The summed E-state index contributed by atoms with van der Waals surface area (Å²) in [4.78, 5) is 0. The molecule has 0 heterocycles. The highest BCUT2D eigenvalue weighted by Gasteiger charge is 2.57. The molecule has 0 amide bonds. The van der Waals surface area contributed by atoms with E-state index in [2.05, 4.69) is 20.8 Å². The van der Waals surface area contributed by atoms with Crippen LogP contribution in [0.2, 0.25) is 0 Å². The fourth-order valence-corrected chi connectivity index (χ4v) is 6.72. The molecule has 3 rings (SSSR count). The highest BCUT2D eigenvalue weighted by Crippen LogP contribution is 2.57. The Morgan fingerprint density at radius 1 is 0.652 bits per heavy atom. The molecule has 0 aromatic heterocycles. The summed E-state index contributed by atoms with van der Waals surface area (Å²) in [5.41, 5.74) is 7.78. The molecule has 5 atom stereocenters. The molecule has 0 aromatic rings. The number of fused-ring (bicyclic) bond motifs is 2. The van der Waals surface area contributed by atoms with Gasteiger partial charge in [-0.15, -0.1) is 0 Å². The van der Waals surface area contributed by atoms with Gasteiger partial charge in [0.05, 0.1) is 0 Å². The molecule has 2 N–H and O–H groups in total. The third kappa shape index (κ3) is 3.37. The molecular formula is C22H41N. The zero-order valence-corrected chi connectivity index (χ0v) is 16.1. The first-order chi connectivity index (χ1) is 10.9. The van der Waals surface area contributed by atoms with Crippen LogP contribution in [0.1, 0.15) is 104 Å². The van der Waals surface area contributed by atoms with Crippen LogP contribution in [0.3, 0.4) is 0 Å². The lowest BCUT2D eigenvalue weighted by molar-refractivity contribution is -0.0651. The van der Waals surface area contributed by atoms with Gasteiger partial charge in [0.1, 0.15) is 0 Å². The minimum Gasteiger partial charge on any atom is -0.324 e. The molecular weight excluding hydrogens is 278 g/mol. The van der Waals surface area contributed by atoms with Crippen LogP contribution in [0, 0.1) is 29.1 Å². The summed E-state index contributed by atoms with van der Waals surface area (Å²) in [6.07, 6.45) is 18.8. The minimum absolute atomic E-state index is 0.0647.